The number of fused-ring (bicyclic) bond motifs is 1. The topological polar surface area (TPSA) is 98.2 Å². The highest BCUT2D eigenvalue weighted by Gasteiger charge is 2.43. The van der Waals surface area contributed by atoms with Crippen LogP contribution in [0.4, 0.5) is 5.69 Å². The number of anilines is 1. The van der Waals surface area contributed by atoms with Crippen molar-refractivity contribution >= 4 is 46.7 Å². The van der Waals surface area contributed by atoms with Crippen molar-refractivity contribution in [2.45, 2.75) is 51.3 Å². The molecule has 3 atom stereocenters. The van der Waals surface area contributed by atoms with Crippen molar-refractivity contribution in [1.29, 1.82) is 0 Å². The molecule has 0 bridgehead atoms. The molecule has 0 aromatic heterocycles. The average Bonchev–Trinajstić information content (AvgIpc) is 2.99. The molecule has 3 aromatic carbocycles. The van der Waals surface area contributed by atoms with E-state index in [1.165, 1.54) is 0 Å². The van der Waals surface area contributed by atoms with Gasteiger partial charge in [0.15, 0.2) is 0 Å². The van der Waals surface area contributed by atoms with Crippen LogP contribution in [0, 0.1) is 0 Å². The van der Waals surface area contributed by atoms with Gasteiger partial charge in [0.2, 0.25) is 0 Å². The number of carbonyl (C=O) groups is 3. The third kappa shape index (κ3) is 6.27. The van der Waals surface area contributed by atoms with Gasteiger partial charge in [-0.3, -0.25) is 14.4 Å². The van der Waals surface area contributed by atoms with Gasteiger partial charge in [-0.25, -0.2) is 0 Å². The fraction of sp³-hybridized carbons (Fsp3) is 0.300. The van der Waals surface area contributed by atoms with Crippen molar-refractivity contribution < 1.29 is 24.6 Å². The number of amides is 2. The molecule has 0 fully saturated rings. The van der Waals surface area contributed by atoms with E-state index in [1.807, 2.05) is 19.1 Å². The molecule has 3 aromatic rings. The fourth-order valence-corrected chi connectivity index (χ4v) is 5.14. The minimum Gasteiger partial charge on any atom is -0.481 e. The summed E-state index contributed by atoms with van der Waals surface area (Å²) in [5.74, 6) is -1.59. The molecule has 0 saturated heterocycles. The quantitative estimate of drug-likeness (QED) is 0.283. The lowest BCUT2D eigenvalue weighted by molar-refractivity contribution is -0.137. The van der Waals surface area contributed by atoms with Gasteiger partial charge in [-0.2, -0.15) is 0 Å². The second-order valence-electron chi connectivity index (χ2n) is 9.69. The molecule has 2 amide bonds. The lowest BCUT2D eigenvalue weighted by Gasteiger charge is -2.36. The van der Waals surface area contributed by atoms with Crippen LogP contribution in [0.5, 0.6) is 0 Å². The first kappa shape index (κ1) is 28.6. The van der Waals surface area contributed by atoms with Crippen molar-refractivity contribution in [1.82, 2.24) is 4.90 Å². The summed E-state index contributed by atoms with van der Waals surface area (Å²) in [5, 5.41) is 20.4. The number of unbranched alkanes of at least 4 members (excludes halogenated alkanes) is 1. The Morgan fingerprint density at radius 2 is 1.49 bits per heavy atom. The highest BCUT2D eigenvalue weighted by Crippen LogP contribution is 2.41. The van der Waals surface area contributed by atoms with Crippen LogP contribution in [0.15, 0.2) is 66.7 Å². The van der Waals surface area contributed by atoms with Gasteiger partial charge in [0.1, 0.15) is 6.04 Å². The van der Waals surface area contributed by atoms with Gasteiger partial charge < -0.3 is 20.0 Å². The van der Waals surface area contributed by atoms with E-state index < -0.39 is 24.2 Å². The molecule has 9 heteroatoms. The molecule has 2 unspecified atom stereocenters. The number of rotatable bonds is 9. The van der Waals surface area contributed by atoms with E-state index in [4.69, 9.17) is 28.3 Å². The van der Waals surface area contributed by atoms with Gasteiger partial charge in [-0.1, -0.05) is 53.5 Å². The Hall–Kier alpha value is -3.39. The van der Waals surface area contributed by atoms with Crippen LogP contribution in [0.25, 0.3) is 0 Å². The normalized spacial score (nSPS) is 17.0. The molecule has 204 valence electrons. The Kier molecular flexibility index (Phi) is 8.95. The Morgan fingerprint density at radius 1 is 0.897 bits per heavy atom. The molecule has 1 aliphatic heterocycles. The summed E-state index contributed by atoms with van der Waals surface area (Å²) >= 11 is 12.3. The maximum atomic E-state index is 14.4. The van der Waals surface area contributed by atoms with E-state index >= 15 is 0 Å². The third-order valence-corrected chi connectivity index (χ3v) is 7.52. The number of aliphatic hydroxyl groups is 1. The molecule has 4 rings (SSSR count). The first-order chi connectivity index (χ1) is 18.6. The van der Waals surface area contributed by atoms with Crippen LogP contribution < -0.4 is 4.90 Å². The summed E-state index contributed by atoms with van der Waals surface area (Å²) in [5.41, 5.74) is 2.65. The van der Waals surface area contributed by atoms with Crippen molar-refractivity contribution in [2.75, 3.05) is 11.4 Å². The summed E-state index contributed by atoms with van der Waals surface area (Å²) in [7, 11) is 0. The summed E-state index contributed by atoms with van der Waals surface area (Å²) < 4.78 is 0. The molecule has 7 nitrogen and oxygen atoms in total. The maximum absolute atomic E-state index is 14.4. The van der Waals surface area contributed by atoms with Crippen molar-refractivity contribution in [3.63, 3.8) is 0 Å². The number of carboxylic acids is 1. The number of aliphatic carboxylic acids is 1. The van der Waals surface area contributed by atoms with Crippen LogP contribution in [-0.4, -0.2) is 39.4 Å². The summed E-state index contributed by atoms with van der Waals surface area (Å²) in [6.45, 7) is 3.70. The zero-order valence-electron chi connectivity index (χ0n) is 21.7. The predicted octanol–water partition coefficient (Wildman–Crippen LogP) is 6.59. The zero-order valence-corrected chi connectivity index (χ0v) is 23.2. The van der Waals surface area contributed by atoms with Crippen LogP contribution in [0.3, 0.4) is 0 Å². The molecule has 2 N–H and O–H groups in total. The van der Waals surface area contributed by atoms with Gasteiger partial charge >= 0.3 is 5.97 Å². The summed E-state index contributed by atoms with van der Waals surface area (Å²) in [6.07, 6.45) is -0.0239. The fourth-order valence-electron chi connectivity index (χ4n) is 4.89. The Bertz CT molecular complexity index is 1360. The van der Waals surface area contributed by atoms with E-state index in [0.29, 0.717) is 39.7 Å². The van der Waals surface area contributed by atoms with E-state index in [1.54, 1.807) is 71.3 Å². The minimum atomic E-state index is -0.984. The van der Waals surface area contributed by atoms with E-state index in [-0.39, 0.29) is 30.3 Å². The molecule has 39 heavy (non-hydrogen) atoms. The smallest absolute Gasteiger partial charge is 0.303 e. The van der Waals surface area contributed by atoms with Gasteiger partial charge in [-0.15, -0.1) is 0 Å². The highest BCUT2D eigenvalue weighted by atomic mass is 35.5. The number of aliphatic hydroxyl groups excluding tert-OH is 1. The zero-order chi connectivity index (χ0) is 28.3. The average molecular weight is 569 g/mol. The standard InChI is InChI=1S/C30H30Cl2N2O5/c1-18(20-6-11-23(31)12-7-20)34-28(21-8-13-24(32)14-9-21)30(39)33(16-4-3-5-27(36)37)26-15-10-22(19(2)35)17-25(26)29(34)38/h6-15,17-19,28,35H,3-5,16H2,1-2H3,(H,36,37)/t18-,19?,28?/m1/s1. The second-order valence-corrected chi connectivity index (χ2v) is 10.6. The van der Waals surface area contributed by atoms with E-state index in [9.17, 15) is 19.5 Å². The molecule has 0 radical (unpaired) electrons. The molecular formula is C30H30Cl2N2O5. The van der Waals surface area contributed by atoms with Crippen molar-refractivity contribution in [3.05, 3.63) is 99.0 Å². The number of nitrogens with zero attached hydrogens (tertiary/aromatic N) is 2. The first-order valence-electron chi connectivity index (χ1n) is 12.8. The highest BCUT2D eigenvalue weighted by molar-refractivity contribution is 6.30. The largest absolute Gasteiger partial charge is 0.481 e. The Morgan fingerprint density at radius 3 is 2.08 bits per heavy atom. The number of benzene rings is 3. The molecule has 0 saturated carbocycles. The van der Waals surface area contributed by atoms with Crippen LogP contribution in [0.1, 0.15) is 78.3 Å². The number of halogens is 2. The molecule has 1 heterocycles. The van der Waals surface area contributed by atoms with Gasteiger partial charge in [0.05, 0.1) is 23.4 Å². The number of hydrogen-bond donors (Lipinski definition) is 2. The van der Waals surface area contributed by atoms with Crippen LogP contribution in [0.2, 0.25) is 10.0 Å². The van der Waals surface area contributed by atoms with Gasteiger partial charge in [0, 0.05) is 23.0 Å². The summed E-state index contributed by atoms with van der Waals surface area (Å²) in [6, 6.07) is 17.5. The maximum Gasteiger partial charge on any atom is 0.303 e. The van der Waals surface area contributed by atoms with Crippen molar-refractivity contribution in [3.8, 4) is 0 Å². The Labute approximate surface area is 237 Å². The SMILES string of the molecule is CC(O)c1ccc2c(c1)C(=O)N([C@H](C)c1ccc(Cl)cc1)C(c1ccc(Cl)cc1)C(=O)N2CCCCC(=O)O. The molecule has 0 spiro atoms. The number of hydrogen-bond acceptors (Lipinski definition) is 4. The minimum absolute atomic E-state index is 0.0187. The Balaban J connectivity index is 1.89. The number of carboxylic acid groups (broad SMARTS) is 1. The van der Waals surface area contributed by atoms with Crippen LogP contribution in [-0.2, 0) is 9.59 Å². The van der Waals surface area contributed by atoms with E-state index in [2.05, 4.69) is 0 Å². The first-order valence-corrected chi connectivity index (χ1v) is 13.5. The van der Waals surface area contributed by atoms with Crippen molar-refractivity contribution in [2.24, 2.45) is 0 Å². The molecule has 1 aliphatic rings. The number of carbonyl (C=O) groups excluding carboxylic acids is 2. The third-order valence-electron chi connectivity index (χ3n) is 7.01. The predicted molar refractivity (Wildman–Crippen MR) is 151 cm³/mol. The monoisotopic (exact) mass is 568 g/mol. The second kappa shape index (κ2) is 12.2. The van der Waals surface area contributed by atoms with E-state index in [0.717, 1.165) is 5.56 Å². The lowest BCUT2D eigenvalue weighted by atomic mass is 9.98. The van der Waals surface area contributed by atoms with Crippen LogP contribution >= 0.6 is 23.2 Å². The lowest BCUT2D eigenvalue weighted by Crippen LogP contribution is -2.44. The molecule has 0 aliphatic carbocycles. The molecular weight excluding hydrogens is 539 g/mol. The van der Waals surface area contributed by atoms with Gasteiger partial charge in [-0.05, 0) is 79.8 Å². The summed E-state index contributed by atoms with van der Waals surface area (Å²) in [4.78, 5) is 43.0. The van der Waals surface area contributed by atoms with Gasteiger partial charge in [0.25, 0.3) is 11.8 Å².